The van der Waals surface area contributed by atoms with E-state index < -0.39 is 0 Å². The number of nitrogens with zero attached hydrogens (tertiary/aromatic N) is 5. The Balaban J connectivity index is 1.77. The van der Waals surface area contributed by atoms with Gasteiger partial charge in [0.15, 0.2) is 5.82 Å². The summed E-state index contributed by atoms with van der Waals surface area (Å²) in [4.78, 5) is 22.9. The molecule has 0 aliphatic heterocycles. The molecule has 1 amide bonds. The molecule has 130 valence electrons. The van der Waals surface area contributed by atoms with Gasteiger partial charge in [0.2, 0.25) is 5.91 Å². The highest BCUT2D eigenvalue weighted by Gasteiger charge is 2.20. The second kappa shape index (κ2) is 6.58. The zero-order valence-electron chi connectivity index (χ0n) is 14.7. The van der Waals surface area contributed by atoms with Crippen LogP contribution in [0.25, 0.3) is 5.78 Å². The molecule has 3 aromatic rings. The highest BCUT2D eigenvalue weighted by molar-refractivity contribution is 5.78. The van der Waals surface area contributed by atoms with Gasteiger partial charge >= 0.3 is 0 Å². The molecule has 7 heteroatoms. The molecule has 0 bridgehead atoms. The van der Waals surface area contributed by atoms with Crippen molar-refractivity contribution in [3.63, 3.8) is 0 Å². The summed E-state index contributed by atoms with van der Waals surface area (Å²) in [5, 5.41) is 4.37. The summed E-state index contributed by atoms with van der Waals surface area (Å²) < 4.78 is 14.7. The fourth-order valence-corrected chi connectivity index (χ4v) is 2.72. The molecule has 0 saturated carbocycles. The van der Waals surface area contributed by atoms with Crippen molar-refractivity contribution in [1.82, 2.24) is 24.5 Å². The smallest absolute Gasteiger partial charge is 0.252 e. The Morgan fingerprint density at radius 1 is 1.24 bits per heavy atom. The summed E-state index contributed by atoms with van der Waals surface area (Å²) in [6, 6.07) is 7.89. The van der Waals surface area contributed by atoms with Crippen molar-refractivity contribution >= 4 is 11.7 Å². The van der Waals surface area contributed by atoms with Gasteiger partial charge in [-0.3, -0.25) is 4.79 Å². The molecular weight excluding hydrogens is 321 g/mol. The predicted molar refractivity (Wildman–Crippen MR) is 91.5 cm³/mol. The van der Waals surface area contributed by atoms with Crippen LogP contribution in [-0.2, 0) is 11.2 Å². The molecule has 0 aliphatic rings. The lowest BCUT2D eigenvalue weighted by Gasteiger charge is -2.25. The number of likely N-dealkylation sites (N-methyl/N-ethyl adjacent to an activating group) is 1. The number of halogens is 1. The molecule has 0 radical (unpaired) electrons. The fourth-order valence-electron chi connectivity index (χ4n) is 2.72. The molecular formula is C18H20FN5O. The van der Waals surface area contributed by atoms with E-state index in [0.29, 0.717) is 11.6 Å². The molecule has 0 aliphatic carbocycles. The van der Waals surface area contributed by atoms with E-state index in [-0.39, 0.29) is 24.2 Å². The first-order valence-corrected chi connectivity index (χ1v) is 8.06. The van der Waals surface area contributed by atoms with Gasteiger partial charge in [0.25, 0.3) is 5.78 Å². The first-order chi connectivity index (χ1) is 11.8. The summed E-state index contributed by atoms with van der Waals surface area (Å²) in [5.74, 6) is 0.526. The van der Waals surface area contributed by atoms with E-state index in [0.717, 1.165) is 17.0 Å². The molecule has 25 heavy (non-hydrogen) atoms. The Hall–Kier alpha value is -2.83. The zero-order chi connectivity index (χ0) is 18.1. The van der Waals surface area contributed by atoms with Crippen molar-refractivity contribution in [1.29, 1.82) is 0 Å². The van der Waals surface area contributed by atoms with E-state index in [1.54, 1.807) is 28.6 Å². The van der Waals surface area contributed by atoms with E-state index in [4.69, 9.17) is 0 Å². The minimum absolute atomic E-state index is 0.0872. The van der Waals surface area contributed by atoms with Crippen LogP contribution in [0.15, 0.2) is 30.3 Å². The molecule has 2 aromatic heterocycles. The molecule has 0 saturated heterocycles. The van der Waals surface area contributed by atoms with Gasteiger partial charge in [0, 0.05) is 18.4 Å². The number of rotatable bonds is 4. The molecule has 6 nitrogen and oxygen atoms in total. The van der Waals surface area contributed by atoms with Crippen LogP contribution >= 0.6 is 0 Å². The maximum Gasteiger partial charge on any atom is 0.252 e. The monoisotopic (exact) mass is 341 g/mol. The van der Waals surface area contributed by atoms with Crippen LogP contribution in [0.2, 0.25) is 0 Å². The van der Waals surface area contributed by atoms with Gasteiger partial charge in [-0.2, -0.15) is 4.98 Å². The number of hydrogen-bond acceptors (Lipinski definition) is 4. The maximum absolute atomic E-state index is 13.1. The third-order valence-corrected chi connectivity index (χ3v) is 4.30. The third-order valence-electron chi connectivity index (χ3n) is 4.30. The first kappa shape index (κ1) is 17.0. The Morgan fingerprint density at radius 3 is 2.60 bits per heavy atom. The SMILES string of the molecule is Cc1cc(C)n2nc(CC(=O)N(C)[C@H](C)c3ccc(F)cc3)nc2n1. The molecule has 1 atom stereocenters. The second-order valence-corrected chi connectivity index (χ2v) is 6.19. The number of aromatic nitrogens is 4. The van der Waals surface area contributed by atoms with Crippen LogP contribution in [0, 0.1) is 19.7 Å². The number of fused-ring (bicyclic) bond motifs is 1. The van der Waals surface area contributed by atoms with Gasteiger partial charge in [0.05, 0.1) is 12.5 Å². The van der Waals surface area contributed by atoms with Gasteiger partial charge in [-0.15, -0.1) is 5.10 Å². The van der Waals surface area contributed by atoms with Crippen LogP contribution < -0.4 is 0 Å². The van der Waals surface area contributed by atoms with Crippen molar-refractivity contribution < 1.29 is 9.18 Å². The minimum atomic E-state index is -0.294. The van der Waals surface area contributed by atoms with Crippen molar-refractivity contribution in [3.8, 4) is 0 Å². The summed E-state index contributed by atoms with van der Waals surface area (Å²) in [6.07, 6.45) is 0.0872. The van der Waals surface area contributed by atoms with Gasteiger partial charge < -0.3 is 4.90 Å². The Labute approximate surface area is 145 Å². The van der Waals surface area contributed by atoms with Crippen LogP contribution in [0.1, 0.15) is 35.7 Å². The molecule has 3 rings (SSSR count). The average Bonchev–Trinajstić information content (AvgIpc) is 2.96. The standard InChI is InChI=1S/C18H20FN5O/c1-11-9-12(2)24-18(20-11)21-16(22-24)10-17(25)23(4)13(3)14-5-7-15(19)8-6-14/h5-9,13H,10H2,1-4H3/t13-/m1/s1. The summed E-state index contributed by atoms with van der Waals surface area (Å²) >= 11 is 0. The molecule has 0 N–H and O–H groups in total. The molecule has 0 unspecified atom stereocenters. The van der Waals surface area contributed by atoms with Crippen LogP contribution in [0.3, 0.4) is 0 Å². The zero-order valence-corrected chi connectivity index (χ0v) is 14.7. The van der Waals surface area contributed by atoms with Crippen molar-refractivity contribution in [2.45, 2.75) is 33.2 Å². The van der Waals surface area contributed by atoms with E-state index in [9.17, 15) is 9.18 Å². The Morgan fingerprint density at radius 2 is 1.92 bits per heavy atom. The number of amides is 1. The largest absolute Gasteiger partial charge is 0.339 e. The van der Waals surface area contributed by atoms with Crippen molar-refractivity contribution in [3.05, 3.63) is 58.9 Å². The van der Waals surface area contributed by atoms with Gasteiger partial charge in [-0.25, -0.2) is 13.9 Å². The lowest BCUT2D eigenvalue weighted by atomic mass is 10.1. The van der Waals surface area contributed by atoms with E-state index in [1.165, 1.54) is 12.1 Å². The fraction of sp³-hybridized carbons (Fsp3) is 0.333. The highest BCUT2D eigenvalue weighted by Crippen LogP contribution is 2.19. The van der Waals surface area contributed by atoms with Crippen LogP contribution in [-0.4, -0.2) is 37.4 Å². The summed E-state index contributed by atoms with van der Waals surface area (Å²) in [5.41, 5.74) is 2.65. The number of carbonyl (C=O) groups is 1. The van der Waals surface area contributed by atoms with Gasteiger partial charge in [0.1, 0.15) is 5.82 Å². The topological polar surface area (TPSA) is 63.4 Å². The van der Waals surface area contributed by atoms with E-state index in [1.807, 2.05) is 26.8 Å². The molecule has 0 spiro atoms. The number of aryl methyl sites for hydroxylation is 2. The van der Waals surface area contributed by atoms with Gasteiger partial charge in [-0.05, 0) is 44.5 Å². The number of hydrogen-bond donors (Lipinski definition) is 0. The molecule has 1 aromatic carbocycles. The highest BCUT2D eigenvalue weighted by atomic mass is 19.1. The lowest BCUT2D eigenvalue weighted by Crippen LogP contribution is -2.31. The third kappa shape index (κ3) is 3.50. The van der Waals surface area contributed by atoms with Crippen LogP contribution in [0.4, 0.5) is 4.39 Å². The quantitative estimate of drug-likeness (QED) is 0.732. The van der Waals surface area contributed by atoms with E-state index in [2.05, 4.69) is 15.1 Å². The molecule has 2 heterocycles. The minimum Gasteiger partial charge on any atom is -0.339 e. The molecule has 0 fully saturated rings. The number of carbonyl (C=O) groups excluding carboxylic acids is 1. The van der Waals surface area contributed by atoms with Crippen molar-refractivity contribution in [2.24, 2.45) is 0 Å². The lowest BCUT2D eigenvalue weighted by molar-refractivity contribution is -0.131. The van der Waals surface area contributed by atoms with Gasteiger partial charge in [-0.1, -0.05) is 12.1 Å². The number of benzene rings is 1. The Kier molecular flexibility index (Phi) is 4.48. The second-order valence-electron chi connectivity index (χ2n) is 6.19. The summed E-state index contributed by atoms with van der Waals surface area (Å²) in [6.45, 7) is 5.71. The van der Waals surface area contributed by atoms with Crippen LogP contribution in [0.5, 0.6) is 0 Å². The van der Waals surface area contributed by atoms with Crippen molar-refractivity contribution in [2.75, 3.05) is 7.05 Å². The maximum atomic E-state index is 13.1. The first-order valence-electron chi connectivity index (χ1n) is 8.06. The normalized spacial score (nSPS) is 12.4. The summed E-state index contributed by atoms with van der Waals surface area (Å²) in [7, 11) is 1.72. The predicted octanol–water partition coefficient (Wildman–Crippen LogP) is 2.64. The average molecular weight is 341 g/mol. The Bertz CT molecular complexity index is 919. The van der Waals surface area contributed by atoms with E-state index >= 15 is 0 Å².